The van der Waals surface area contributed by atoms with Crippen molar-refractivity contribution in [2.45, 2.75) is 26.7 Å². The molecule has 1 aliphatic rings. The number of benzene rings is 1. The Labute approximate surface area is 109 Å². The van der Waals surface area contributed by atoms with E-state index in [9.17, 15) is 4.79 Å². The quantitative estimate of drug-likeness (QED) is 0.809. The Morgan fingerprint density at radius 3 is 2.28 bits per heavy atom. The lowest BCUT2D eigenvalue weighted by Gasteiger charge is -2.10. The van der Waals surface area contributed by atoms with Crippen LogP contribution in [0.2, 0.25) is 0 Å². The van der Waals surface area contributed by atoms with Crippen molar-refractivity contribution in [1.82, 2.24) is 4.90 Å². The molecule has 0 spiro atoms. The fourth-order valence-electron chi connectivity index (χ4n) is 1.88. The molecule has 0 radical (unpaired) electrons. The zero-order chi connectivity index (χ0) is 13.4. The van der Waals surface area contributed by atoms with E-state index in [1.54, 1.807) is 6.92 Å². The number of hydrogen-bond donors (Lipinski definition) is 2. The molecule has 0 bridgehead atoms. The van der Waals surface area contributed by atoms with Crippen LogP contribution >= 0.6 is 0 Å². The summed E-state index contributed by atoms with van der Waals surface area (Å²) < 4.78 is 0. The maximum absolute atomic E-state index is 10.6. The average molecular weight is 250 g/mol. The summed E-state index contributed by atoms with van der Waals surface area (Å²) in [6.07, 6.45) is 2.54. The van der Waals surface area contributed by atoms with Crippen molar-refractivity contribution in [2.24, 2.45) is 0 Å². The first-order valence-corrected chi connectivity index (χ1v) is 6.30. The van der Waals surface area contributed by atoms with E-state index in [0.717, 1.165) is 18.8 Å². The van der Waals surface area contributed by atoms with Crippen LogP contribution in [-0.2, 0) is 4.79 Å². The molecule has 1 aromatic rings. The number of anilines is 1. The van der Waals surface area contributed by atoms with E-state index in [4.69, 9.17) is 5.21 Å². The van der Waals surface area contributed by atoms with Crippen molar-refractivity contribution in [3.8, 4) is 0 Å². The first-order valence-electron chi connectivity index (χ1n) is 6.30. The van der Waals surface area contributed by atoms with Crippen LogP contribution in [0.3, 0.4) is 0 Å². The zero-order valence-corrected chi connectivity index (χ0v) is 11.1. The van der Waals surface area contributed by atoms with Gasteiger partial charge in [0.05, 0.1) is 12.2 Å². The van der Waals surface area contributed by atoms with Crippen LogP contribution in [0.5, 0.6) is 0 Å². The van der Waals surface area contributed by atoms with Crippen molar-refractivity contribution in [1.29, 1.82) is 0 Å². The number of nitrogens with zero attached hydrogens (tertiary/aromatic N) is 1. The predicted molar refractivity (Wildman–Crippen MR) is 72.9 cm³/mol. The molecule has 1 saturated heterocycles. The largest absolute Gasteiger partial charge is 0.299 e. The van der Waals surface area contributed by atoms with Crippen molar-refractivity contribution in [3.05, 3.63) is 29.8 Å². The highest BCUT2D eigenvalue weighted by Crippen LogP contribution is 2.06. The van der Waals surface area contributed by atoms with Crippen molar-refractivity contribution < 1.29 is 10.0 Å². The molecule has 1 heterocycles. The SMILES string of the molecule is CC(=O)CN1CCCC1.Cc1ccc(NO)cc1. The van der Waals surface area contributed by atoms with E-state index >= 15 is 0 Å². The first kappa shape index (κ1) is 14.7. The molecule has 2 N–H and O–H groups in total. The fourth-order valence-corrected chi connectivity index (χ4v) is 1.88. The lowest BCUT2D eigenvalue weighted by molar-refractivity contribution is -0.117. The Morgan fingerprint density at radius 1 is 1.28 bits per heavy atom. The van der Waals surface area contributed by atoms with E-state index in [1.807, 2.05) is 31.2 Å². The third-order valence-corrected chi connectivity index (χ3v) is 2.83. The second-order valence-electron chi connectivity index (χ2n) is 4.66. The van der Waals surface area contributed by atoms with Crippen LogP contribution in [0.15, 0.2) is 24.3 Å². The molecule has 4 nitrogen and oxygen atoms in total. The Balaban J connectivity index is 0.000000180. The number of nitrogens with one attached hydrogen (secondary N) is 1. The molecular formula is C14H22N2O2. The summed E-state index contributed by atoms with van der Waals surface area (Å²) in [4.78, 5) is 12.8. The Kier molecular flexibility index (Phi) is 6.39. The number of hydrogen-bond acceptors (Lipinski definition) is 4. The molecule has 0 unspecified atom stereocenters. The standard InChI is InChI=1S/C7H9NO.C7H13NO/c1-6-2-4-7(8-9)5-3-6;1-7(9)6-8-4-2-3-5-8/h2-5,8-9H,1H3;2-6H2,1H3. The zero-order valence-electron chi connectivity index (χ0n) is 11.1. The molecule has 1 aromatic carbocycles. The van der Waals surface area contributed by atoms with Crippen LogP contribution in [0.1, 0.15) is 25.3 Å². The van der Waals surface area contributed by atoms with Gasteiger partial charge in [-0.15, -0.1) is 0 Å². The molecule has 0 aromatic heterocycles. The van der Waals surface area contributed by atoms with Crippen LogP contribution < -0.4 is 5.48 Å². The Bertz CT molecular complexity index is 357. The van der Waals surface area contributed by atoms with Gasteiger partial charge in [0.2, 0.25) is 0 Å². The summed E-state index contributed by atoms with van der Waals surface area (Å²) >= 11 is 0. The van der Waals surface area contributed by atoms with Gasteiger partial charge in [0, 0.05) is 0 Å². The maximum Gasteiger partial charge on any atom is 0.143 e. The monoisotopic (exact) mass is 250 g/mol. The first-order chi connectivity index (χ1) is 8.61. The number of aryl methyl sites for hydroxylation is 1. The van der Waals surface area contributed by atoms with Crippen molar-refractivity contribution >= 4 is 11.5 Å². The molecule has 0 aliphatic carbocycles. The maximum atomic E-state index is 10.6. The van der Waals surface area contributed by atoms with Gasteiger partial charge in [0.1, 0.15) is 5.78 Å². The molecule has 2 rings (SSSR count). The average Bonchev–Trinajstić information content (AvgIpc) is 2.83. The van der Waals surface area contributed by atoms with E-state index in [-0.39, 0.29) is 5.78 Å². The van der Waals surface area contributed by atoms with Gasteiger partial charge >= 0.3 is 0 Å². The van der Waals surface area contributed by atoms with Gasteiger partial charge in [-0.2, -0.15) is 0 Å². The minimum Gasteiger partial charge on any atom is -0.299 e. The summed E-state index contributed by atoms with van der Waals surface area (Å²) in [6.45, 7) is 6.57. The second-order valence-corrected chi connectivity index (χ2v) is 4.66. The summed E-state index contributed by atoms with van der Waals surface area (Å²) in [5.74, 6) is 0.289. The fraction of sp³-hybridized carbons (Fsp3) is 0.500. The van der Waals surface area contributed by atoms with Gasteiger partial charge in [-0.05, 0) is 51.9 Å². The van der Waals surface area contributed by atoms with Crippen LogP contribution in [0, 0.1) is 6.92 Å². The number of ketones is 1. The number of rotatable bonds is 3. The van der Waals surface area contributed by atoms with Gasteiger partial charge in [0.25, 0.3) is 0 Å². The van der Waals surface area contributed by atoms with E-state index in [1.165, 1.54) is 18.4 Å². The highest BCUT2D eigenvalue weighted by molar-refractivity contribution is 5.77. The highest BCUT2D eigenvalue weighted by Gasteiger charge is 2.11. The van der Waals surface area contributed by atoms with Crippen LogP contribution in [0.4, 0.5) is 5.69 Å². The minimum absolute atomic E-state index is 0.289. The molecule has 100 valence electrons. The molecule has 18 heavy (non-hydrogen) atoms. The van der Waals surface area contributed by atoms with Crippen molar-refractivity contribution in [2.75, 3.05) is 25.1 Å². The van der Waals surface area contributed by atoms with Crippen LogP contribution in [0.25, 0.3) is 0 Å². The number of likely N-dealkylation sites (tertiary alicyclic amines) is 1. The molecule has 0 saturated carbocycles. The summed E-state index contributed by atoms with van der Waals surface area (Å²) in [6, 6.07) is 7.49. The van der Waals surface area contributed by atoms with Crippen LogP contribution in [-0.4, -0.2) is 35.5 Å². The van der Waals surface area contributed by atoms with E-state index in [0.29, 0.717) is 6.54 Å². The lowest BCUT2D eigenvalue weighted by Crippen LogP contribution is -2.24. The van der Waals surface area contributed by atoms with Gasteiger partial charge in [0.15, 0.2) is 0 Å². The molecule has 4 heteroatoms. The molecular weight excluding hydrogens is 228 g/mol. The smallest absolute Gasteiger partial charge is 0.143 e. The predicted octanol–water partition coefficient (Wildman–Crippen LogP) is 2.47. The molecule has 0 amide bonds. The Morgan fingerprint density at radius 2 is 1.83 bits per heavy atom. The van der Waals surface area contributed by atoms with E-state index < -0.39 is 0 Å². The van der Waals surface area contributed by atoms with E-state index in [2.05, 4.69) is 10.4 Å². The normalized spacial score (nSPS) is 14.8. The number of carbonyl (C=O) groups is 1. The molecule has 0 atom stereocenters. The van der Waals surface area contributed by atoms with Gasteiger partial charge in [-0.25, -0.2) is 0 Å². The Hall–Kier alpha value is -1.39. The highest BCUT2D eigenvalue weighted by atomic mass is 16.5. The lowest BCUT2D eigenvalue weighted by atomic mass is 10.2. The minimum atomic E-state index is 0.289. The van der Waals surface area contributed by atoms with Gasteiger partial charge < -0.3 is 0 Å². The third-order valence-electron chi connectivity index (χ3n) is 2.83. The molecule has 1 aliphatic heterocycles. The second kappa shape index (κ2) is 7.84. The third kappa shape index (κ3) is 5.80. The number of Topliss-reactive ketones (excluding diaryl/α,β-unsaturated/α-hetero) is 1. The molecule has 1 fully saturated rings. The number of carbonyl (C=O) groups excluding carboxylic acids is 1. The van der Waals surface area contributed by atoms with Crippen molar-refractivity contribution in [3.63, 3.8) is 0 Å². The van der Waals surface area contributed by atoms with Gasteiger partial charge in [-0.1, -0.05) is 17.7 Å². The summed E-state index contributed by atoms with van der Waals surface area (Å²) in [5.41, 5.74) is 3.97. The summed E-state index contributed by atoms with van der Waals surface area (Å²) in [7, 11) is 0. The summed E-state index contributed by atoms with van der Waals surface area (Å²) in [5, 5.41) is 8.38. The topological polar surface area (TPSA) is 52.6 Å². The van der Waals surface area contributed by atoms with Gasteiger partial charge in [-0.3, -0.25) is 20.4 Å².